The van der Waals surface area contributed by atoms with Gasteiger partial charge in [0.15, 0.2) is 0 Å². The zero-order chi connectivity index (χ0) is 22.3. The number of hydroxylamine groups is 2. The predicted octanol–water partition coefficient (Wildman–Crippen LogP) is 6.46. The van der Waals surface area contributed by atoms with Crippen LogP contribution in [0.2, 0.25) is 0 Å². The fraction of sp³-hybridized carbons (Fsp3) is 0.333. The van der Waals surface area contributed by atoms with Crippen LogP contribution in [0, 0.1) is 107 Å². The molecule has 0 unspecified atom stereocenters. The molecule has 1 rings (SSSR count). The summed E-state index contributed by atoms with van der Waals surface area (Å²) in [5.41, 5.74) is -0.772. The molecule has 1 aliphatic rings. The first-order valence-electron chi connectivity index (χ1n) is 8.90. The fourth-order valence-electron chi connectivity index (χ4n) is 2.84. The van der Waals surface area contributed by atoms with Crippen LogP contribution < -0.4 is 0 Å². The lowest BCUT2D eigenvalue weighted by Gasteiger charge is -2.50. The van der Waals surface area contributed by atoms with Crippen molar-refractivity contribution in [3.8, 4) is 107 Å². The van der Waals surface area contributed by atoms with Gasteiger partial charge >= 0.3 is 0 Å². The van der Waals surface area contributed by atoms with Crippen LogP contribution in [0.15, 0.2) is 0 Å². The summed E-state index contributed by atoms with van der Waals surface area (Å²) in [6.45, 7) is 7.88. The summed E-state index contributed by atoms with van der Waals surface area (Å²) in [5.74, 6) is 39.7. The van der Waals surface area contributed by atoms with E-state index in [1.54, 1.807) is 0 Å². The van der Waals surface area contributed by atoms with Crippen LogP contribution in [-0.4, -0.2) is 27.5 Å². The van der Waals surface area contributed by atoms with Crippen LogP contribution in [-0.2, 0) is 4.74 Å². The average Bonchev–Trinajstić information content (AvgIpc) is 2.68. The van der Waals surface area contributed by atoms with E-state index in [-0.39, 0.29) is 42.9 Å². The molecule has 0 aliphatic carbocycles. The van der Waals surface area contributed by atoms with Crippen molar-refractivity contribution in [2.75, 3.05) is 0 Å². The summed E-state index contributed by atoms with van der Waals surface area (Å²) in [6, 6.07) is 0. The zero-order valence-electron chi connectivity index (χ0n) is 17.4. The van der Waals surface area contributed by atoms with E-state index < -0.39 is 0 Å². The van der Waals surface area contributed by atoms with Crippen LogP contribution in [0.25, 0.3) is 0 Å². The van der Waals surface area contributed by atoms with E-state index in [1.165, 1.54) is 5.06 Å². The Kier molecular flexibility index (Phi) is 9.73. The molecule has 30 heavy (non-hydrogen) atoms. The first-order valence-corrected chi connectivity index (χ1v) is 8.90. The van der Waals surface area contributed by atoms with Crippen molar-refractivity contribution in [2.24, 2.45) is 0 Å². The molecule has 0 aromatic rings. The molecule has 0 spiro atoms. The van der Waals surface area contributed by atoms with E-state index in [2.05, 4.69) is 101 Å². The molecule has 0 radical (unpaired) electrons. The van der Waals surface area contributed by atoms with Gasteiger partial charge in [-0.1, -0.05) is 0 Å². The summed E-state index contributed by atoms with van der Waals surface area (Å²) in [6.07, 6.45) is 8.79. The minimum atomic E-state index is -0.386. The highest BCUT2D eigenvalue weighted by Gasteiger charge is 2.45. The number of ether oxygens (including phenoxy) is 1. The normalized spacial score (nSPS) is 14.7. The molecule has 1 aliphatic heterocycles. The Morgan fingerprint density at radius 2 is 1.03 bits per heavy atom. The largest absolute Gasteiger partial charge is 0.442 e. The van der Waals surface area contributed by atoms with Crippen molar-refractivity contribution >= 4 is 0 Å². The predicted molar refractivity (Wildman–Crippen MR) is 155 cm³/mol. The van der Waals surface area contributed by atoms with E-state index in [9.17, 15) is 5.21 Å². The van der Waals surface area contributed by atoms with Gasteiger partial charge in [-0.25, -0.2) is 0 Å². The molecule has 0 bridgehead atoms. The molecule has 0 aromatic carbocycles. The monoisotopic (exact) mass is 425 g/mol. The third-order valence-corrected chi connectivity index (χ3v) is 3.82. The van der Waals surface area contributed by atoms with Crippen LogP contribution in [0.4, 0.5) is 0 Å². The number of piperidine rings is 1. The Balaban J connectivity index is -0.0000000312. The zero-order valence-corrected chi connectivity index (χ0v) is 17.4. The van der Waals surface area contributed by atoms with Gasteiger partial charge in [0.25, 0.3) is 0 Å². The van der Waals surface area contributed by atoms with E-state index in [0.29, 0.717) is 12.8 Å². The Labute approximate surface area is 207 Å². The second kappa shape index (κ2) is 12.3. The minimum Gasteiger partial charge on any atom is -0.442 e. The van der Waals surface area contributed by atoms with Gasteiger partial charge in [0.1, 0.15) is 12.2 Å². The Hall–Kier alpha value is -4.24. The number of hydrogen-bond acceptors (Lipinski definition) is 3. The summed E-state index contributed by atoms with van der Waals surface area (Å²) >= 11 is 0. The molecule has 180 valence electrons. The van der Waals surface area contributed by atoms with Gasteiger partial charge < -0.3 is 9.94 Å². The molecule has 3 heteroatoms. The average molecular weight is 426 g/mol. The van der Waals surface area contributed by atoms with Gasteiger partial charge in [0.05, 0.1) is 0 Å². The summed E-state index contributed by atoms with van der Waals surface area (Å²) < 4.78 is 5.59. The Bertz CT molecular complexity index is 1230. The first-order chi connectivity index (χ1) is 14.3. The topological polar surface area (TPSA) is 32.7 Å². The van der Waals surface area contributed by atoms with Crippen molar-refractivity contribution in [1.82, 2.24) is 5.06 Å². The van der Waals surface area contributed by atoms with Crippen LogP contribution >= 0.6 is 0 Å². The third kappa shape index (κ3) is 9.11. The molecule has 0 saturated carbocycles. The summed E-state index contributed by atoms with van der Waals surface area (Å²) in [4.78, 5) is 0. The lowest BCUT2D eigenvalue weighted by molar-refractivity contribution is -0.256. The molecule has 1 heterocycles. The van der Waals surface area contributed by atoms with Gasteiger partial charge in [0.2, 0.25) is 0 Å². The molecular weight excluding hydrogens is 370 g/mol. The Morgan fingerprint density at radius 1 is 0.700 bits per heavy atom. The molecule has 1 fully saturated rings. The number of terminal acetylenes is 1. The Morgan fingerprint density at radius 3 is 1.40 bits per heavy atom. The smallest absolute Gasteiger partial charge is 0.125 e. The van der Waals surface area contributed by atoms with E-state index in [1.807, 2.05) is 27.7 Å². The second-order valence-electron chi connectivity index (χ2n) is 7.21. The molecule has 0 amide bonds. The van der Waals surface area contributed by atoms with Gasteiger partial charge in [-0.2, -0.15) is 5.06 Å². The molecular formula is C27H55NO2. The SMILES string of the molecule is C#CC#CC#CC#CC#CC#CC#CC#CC#COC1CC(C)(C)N(O)C(C)(C)C1.[HH].[HH].[HH].[HH].[HH].[HH].[HH].[HH].[HH].[HH].[HH].[HH].[HH].[HH].[HH].[HH].[HH].[HH]. The van der Waals surface area contributed by atoms with Crippen molar-refractivity contribution in [3.63, 3.8) is 0 Å². The number of nitrogens with zero attached hydrogens (tertiary/aromatic N) is 1. The molecule has 0 atom stereocenters. The van der Waals surface area contributed by atoms with E-state index in [4.69, 9.17) is 11.2 Å². The lowest BCUT2D eigenvalue weighted by atomic mass is 9.80. The first kappa shape index (κ1) is 23.8. The number of hydrogen-bond donors (Lipinski definition) is 1. The summed E-state index contributed by atoms with van der Waals surface area (Å²) in [5, 5.41) is 11.7. The van der Waals surface area contributed by atoms with Gasteiger partial charge in [0, 0.05) is 97.0 Å². The summed E-state index contributed by atoms with van der Waals surface area (Å²) in [7, 11) is 0. The van der Waals surface area contributed by atoms with Gasteiger partial charge in [-0.05, 0) is 75.1 Å². The van der Waals surface area contributed by atoms with Gasteiger partial charge in [-0.15, -0.1) is 6.42 Å². The number of rotatable bonds is 1. The highest BCUT2D eigenvalue weighted by atomic mass is 16.5. The van der Waals surface area contributed by atoms with Crippen molar-refractivity contribution in [3.05, 3.63) is 0 Å². The highest BCUT2D eigenvalue weighted by molar-refractivity contribution is 5.46. The quantitative estimate of drug-likeness (QED) is 0.489. The van der Waals surface area contributed by atoms with Crippen LogP contribution in [0.1, 0.15) is 66.2 Å². The van der Waals surface area contributed by atoms with E-state index >= 15 is 0 Å². The van der Waals surface area contributed by atoms with E-state index in [0.717, 1.165) is 0 Å². The molecule has 3 nitrogen and oxygen atoms in total. The molecule has 1 saturated heterocycles. The minimum absolute atomic E-state index is 0. The maximum absolute atomic E-state index is 10.3. The second-order valence-corrected chi connectivity index (χ2v) is 7.21. The van der Waals surface area contributed by atoms with Crippen LogP contribution in [0.3, 0.4) is 0 Å². The lowest BCUT2D eigenvalue weighted by Crippen LogP contribution is -2.60. The van der Waals surface area contributed by atoms with Crippen molar-refractivity contribution in [1.29, 1.82) is 0 Å². The highest BCUT2D eigenvalue weighted by Crippen LogP contribution is 2.37. The van der Waals surface area contributed by atoms with Crippen molar-refractivity contribution in [2.45, 2.75) is 57.7 Å². The maximum atomic E-state index is 10.3. The fourth-order valence-corrected chi connectivity index (χ4v) is 2.84. The third-order valence-electron chi connectivity index (χ3n) is 3.82. The van der Waals surface area contributed by atoms with Gasteiger partial charge in [-0.3, -0.25) is 0 Å². The molecule has 1 N–H and O–H groups in total. The maximum Gasteiger partial charge on any atom is 0.125 e. The van der Waals surface area contributed by atoms with Crippen molar-refractivity contribution < 1.29 is 35.6 Å². The van der Waals surface area contributed by atoms with Crippen LogP contribution in [0.5, 0.6) is 0 Å². The molecule has 0 aromatic heterocycles. The standard InChI is InChI=1S/C27H19NO2.18H2/c1-6-7-8-9-10-11-12-13-14-15-16-17-18-19-20-21-22-30-25-23-26(2,3)28(29)27(4,5)24-25;;;;;;;;;;;;;;;;;;/h1,25,29H,23-24H2,2-5H3;18*1H.